The fourth-order valence-electron chi connectivity index (χ4n) is 3.23. The predicted octanol–water partition coefficient (Wildman–Crippen LogP) is 3.15. The zero-order valence-corrected chi connectivity index (χ0v) is 15.1. The maximum Gasteiger partial charge on any atom is 0.325 e. The molecule has 1 atom stereocenters. The summed E-state index contributed by atoms with van der Waals surface area (Å²) >= 11 is 0. The van der Waals surface area contributed by atoms with E-state index < -0.39 is 17.5 Å². The standard InChI is InChI=1S/C21H17N3O4/c1-21(18-12-14-6-2-5-9-17(14)28-18)19(25)24(20(26)23-21)10-11-27-16-8-4-3-7-15(16)13-22/h2-9,12H,10-11H2,1H3,(H,23,26)/t21-/m1/s1. The topological polar surface area (TPSA) is 95.6 Å². The molecule has 1 aliphatic heterocycles. The average Bonchev–Trinajstić information content (AvgIpc) is 3.24. The lowest BCUT2D eigenvalue weighted by molar-refractivity contribution is -0.131. The first-order chi connectivity index (χ1) is 13.5. The molecular weight excluding hydrogens is 358 g/mol. The van der Waals surface area contributed by atoms with Crippen molar-refractivity contribution in [3.63, 3.8) is 0 Å². The van der Waals surface area contributed by atoms with Crippen molar-refractivity contribution in [3.05, 3.63) is 65.9 Å². The number of hydrogen-bond donors (Lipinski definition) is 1. The van der Waals surface area contributed by atoms with Crippen molar-refractivity contribution >= 4 is 22.9 Å². The molecule has 1 saturated heterocycles. The number of rotatable bonds is 5. The molecule has 2 heterocycles. The monoisotopic (exact) mass is 375 g/mol. The van der Waals surface area contributed by atoms with E-state index in [4.69, 9.17) is 14.4 Å². The molecule has 1 N–H and O–H groups in total. The minimum absolute atomic E-state index is 0.0558. The van der Waals surface area contributed by atoms with Crippen LogP contribution in [-0.2, 0) is 10.3 Å². The third-order valence-electron chi connectivity index (χ3n) is 4.77. The number of furan rings is 1. The van der Waals surface area contributed by atoms with E-state index in [2.05, 4.69) is 5.32 Å². The molecule has 140 valence electrons. The van der Waals surface area contributed by atoms with Gasteiger partial charge in [0.2, 0.25) is 0 Å². The molecule has 2 aromatic carbocycles. The highest BCUT2D eigenvalue weighted by molar-refractivity contribution is 6.07. The zero-order chi connectivity index (χ0) is 19.7. The Morgan fingerprint density at radius 2 is 1.93 bits per heavy atom. The Bertz CT molecular complexity index is 1080. The van der Waals surface area contributed by atoms with E-state index in [1.807, 2.05) is 30.3 Å². The number of para-hydroxylation sites is 2. The van der Waals surface area contributed by atoms with Gasteiger partial charge in [-0.2, -0.15) is 5.26 Å². The van der Waals surface area contributed by atoms with Crippen molar-refractivity contribution in [2.45, 2.75) is 12.5 Å². The second-order valence-electron chi connectivity index (χ2n) is 6.62. The Labute approximate surface area is 161 Å². The molecule has 4 rings (SSSR count). The van der Waals surface area contributed by atoms with Crippen LogP contribution in [0.15, 0.2) is 59.0 Å². The van der Waals surface area contributed by atoms with Crippen LogP contribution < -0.4 is 10.1 Å². The number of hydrogen-bond acceptors (Lipinski definition) is 5. The molecule has 0 unspecified atom stereocenters. The van der Waals surface area contributed by atoms with Crippen LogP contribution in [0.4, 0.5) is 4.79 Å². The minimum Gasteiger partial charge on any atom is -0.490 e. The lowest BCUT2D eigenvalue weighted by atomic mass is 9.99. The lowest BCUT2D eigenvalue weighted by Crippen LogP contribution is -2.41. The summed E-state index contributed by atoms with van der Waals surface area (Å²) in [4.78, 5) is 26.5. The van der Waals surface area contributed by atoms with Crippen molar-refractivity contribution in [3.8, 4) is 11.8 Å². The summed E-state index contributed by atoms with van der Waals surface area (Å²) in [6.07, 6.45) is 0. The van der Waals surface area contributed by atoms with Crippen molar-refractivity contribution < 1.29 is 18.7 Å². The van der Waals surface area contributed by atoms with E-state index in [0.29, 0.717) is 22.7 Å². The van der Waals surface area contributed by atoms with Gasteiger partial charge in [0.1, 0.15) is 29.8 Å². The molecule has 7 heteroatoms. The van der Waals surface area contributed by atoms with Gasteiger partial charge in [-0.3, -0.25) is 9.69 Å². The van der Waals surface area contributed by atoms with E-state index >= 15 is 0 Å². The summed E-state index contributed by atoms with van der Waals surface area (Å²) in [5.41, 5.74) is -0.233. The number of fused-ring (bicyclic) bond motifs is 1. The fourth-order valence-corrected chi connectivity index (χ4v) is 3.23. The highest BCUT2D eigenvalue weighted by Crippen LogP contribution is 2.33. The SMILES string of the molecule is C[C@]1(c2cc3ccccc3o2)NC(=O)N(CCOc2ccccc2C#N)C1=O. The van der Waals surface area contributed by atoms with Gasteiger partial charge in [0.15, 0.2) is 5.54 Å². The largest absolute Gasteiger partial charge is 0.490 e. The molecule has 0 saturated carbocycles. The van der Waals surface area contributed by atoms with E-state index in [1.54, 1.807) is 37.3 Å². The molecular formula is C21H17N3O4. The number of carbonyl (C=O) groups is 2. The summed E-state index contributed by atoms with van der Waals surface area (Å²) in [5, 5.41) is 12.7. The van der Waals surface area contributed by atoms with E-state index in [1.165, 1.54) is 0 Å². The van der Waals surface area contributed by atoms with E-state index in [9.17, 15) is 9.59 Å². The number of nitrogens with one attached hydrogen (secondary N) is 1. The Balaban J connectivity index is 1.50. The average molecular weight is 375 g/mol. The third-order valence-corrected chi connectivity index (χ3v) is 4.77. The smallest absolute Gasteiger partial charge is 0.325 e. The van der Waals surface area contributed by atoms with Crippen LogP contribution in [0.2, 0.25) is 0 Å². The fraction of sp³-hybridized carbons (Fsp3) is 0.190. The zero-order valence-electron chi connectivity index (χ0n) is 15.1. The number of imide groups is 1. The molecule has 1 aromatic heterocycles. The minimum atomic E-state index is -1.28. The van der Waals surface area contributed by atoms with Crippen LogP contribution in [-0.4, -0.2) is 30.0 Å². The van der Waals surface area contributed by atoms with Gasteiger partial charge in [0.05, 0.1) is 12.1 Å². The molecule has 3 aromatic rings. The quantitative estimate of drug-likeness (QED) is 0.691. The highest BCUT2D eigenvalue weighted by Gasteiger charge is 2.51. The van der Waals surface area contributed by atoms with E-state index in [0.717, 1.165) is 10.3 Å². The third kappa shape index (κ3) is 2.85. The van der Waals surface area contributed by atoms with Gasteiger partial charge in [-0.05, 0) is 31.2 Å². The number of carbonyl (C=O) groups excluding carboxylic acids is 2. The predicted molar refractivity (Wildman–Crippen MR) is 100 cm³/mol. The Kier molecular flexibility index (Phi) is 4.24. The number of urea groups is 1. The maximum absolute atomic E-state index is 13.0. The first kappa shape index (κ1) is 17.6. The molecule has 0 aliphatic carbocycles. The van der Waals surface area contributed by atoms with Crippen molar-refractivity contribution in [1.82, 2.24) is 10.2 Å². The molecule has 7 nitrogen and oxygen atoms in total. The second kappa shape index (κ2) is 6.74. The number of benzene rings is 2. The van der Waals surface area contributed by atoms with Crippen LogP contribution in [0.25, 0.3) is 11.0 Å². The Hall–Kier alpha value is -3.79. The molecule has 0 spiro atoms. The summed E-state index contributed by atoms with van der Waals surface area (Å²) in [7, 11) is 0. The first-order valence-corrected chi connectivity index (χ1v) is 8.78. The summed E-state index contributed by atoms with van der Waals surface area (Å²) in [6.45, 7) is 1.76. The van der Waals surface area contributed by atoms with Gasteiger partial charge in [-0.25, -0.2) is 4.79 Å². The van der Waals surface area contributed by atoms with Gasteiger partial charge in [-0.1, -0.05) is 30.3 Å². The summed E-state index contributed by atoms with van der Waals surface area (Å²) in [5.74, 6) is 0.385. The lowest BCUT2D eigenvalue weighted by Gasteiger charge is -2.19. The number of nitrogens with zero attached hydrogens (tertiary/aromatic N) is 2. The van der Waals surface area contributed by atoms with E-state index in [-0.39, 0.29) is 13.2 Å². The number of ether oxygens (including phenoxy) is 1. The van der Waals surface area contributed by atoms with Gasteiger partial charge < -0.3 is 14.5 Å². The van der Waals surface area contributed by atoms with Crippen molar-refractivity contribution in [1.29, 1.82) is 5.26 Å². The number of nitriles is 1. The van der Waals surface area contributed by atoms with Crippen molar-refractivity contribution in [2.24, 2.45) is 0 Å². The van der Waals surface area contributed by atoms with Crippen LogP contribution >= 0.6 is 0 Å². The normalized spacial score (nSPS) is 18.9. The molecule has 28 heavy (non-hydrogen) atoms. The molecule has 1 aliphatic rings. The van der Waals surface area contributed by atoms with Crippen LogP contribution in [0, 0.1) is 11.3 Å². The summed E-state index contributed by atoms with van der Waals surface area (Å²) in [6, 6.07) is 17.5. The van der Waals surface area contributed by atoms with Crippen LogP contribution in [0.1, 0.15) is 18.2 Å². The Morgan fingerprint density at radius 3 is 2.71 bits per heavy atom. The molecule has 3 amide bonds. The number of amides is 3. The maximum atomic E-state index is 13.0. The highest BCUT2D eigenvalue weighted by atomic mass is 16.5. The summed E-state index contributed by atoms with van der Waals surface area (Å²) < 4.78 is 11.4. The van der Waals surface area contributed by atoms with Gasteiger partial charge >= 0.3 is 6.03 Å². The van der Waals surface area contributed by atoms with Crippen molar-refractivity contribution in [2.75, 3.05) is 13.2 Å². The first-order valence-electron chi connectivity index (χ1n) is 8.78. The van der Waals surface area contributed by atoms with Gasteiger partial charge in [0.25, 0.3) is 5.91 Å². The Morgan fingerprint density at radius 1 is 1.18 bits per heavy atom. The molecule has 0 radical (unpaired) electrons. The second-order valence-corrected chi connectivity index (χ2v) is 6.62. The van der Waals surface area contributed by atoms with Gasteiger partial charge in [-0.15, -0.1) is 0 Å². The van der Waals surface area contributed by atoms with Crippen LogP contribution in [0.3, 0.4) is 0 Å². The van der Waals surface area contributed by atoms with Crippen LogP contribution in [0.5, 0.6) is 5.75 Å². The molecule has 0 bridgehead atoms. The van der Waals surface area contributed by atoms with Gasteiger partial charge in [0, 0.05) is 5.39 Å². The molecule has 1 fully saturated rings.